The Morgan fingerprint density at radius 2 is 2.07 bits per heavy atom. The Morgan fingerprint density at radius 3 is 2.93 bits per heavy atom. The van der Waals surface area contributed by atoms with Gasteiger partial charge in [-0.2, -0.15) is 0 Å². The maximum atomic E-state index is 12.3. The number of rotatable bonds is 3. The van der Waals surface area contributed by atoms with Crippen molar-refractivity contribution in [2.45, 2.75) is 25.7 Å². The van der Waals surface area contributed by atoms with Crippen molar-refractivity contribution in [2.75, 3.05) is 5.32 Å². The number of fused-ring (bicyclic) bond motifs is 5. The van der Waals surface area contributed by atoms with E-state index < -0.39 is 0 Å². The Kier molecular flexibility index (Phi) is 3.76. The molecular formula is C23H19N3O2. The molecule has 5 nitrogen and oxygen atoms in total. The van der Waals surface area contributed by atoms with Gasteiger partial charge in [0.15, 0.2) is 5.78 Å². The van der Waals surface area contributed by atoms with Crippen molar-refractivity contribution >= 4 is 17.4 Å². The number of hydrogen-bond donors (Lipinski definition) is 2. The summed E-state index contributed by atoms with van der Waals surface area (Å²) in [6, 6.07) is 9.68. The Morgan fingerprint density at radius 1 is 1.18 bits per heavy atom. The summed E-state index contributed by atoms with van der Waals surface area (Å²) in [5, 5.41) is 2.78. The Labute approximate surface area is 162 Å². The van der Waals surface area contributed by atoms with Crippen LogP contribution in [0.15, 0.2) is 49.2 Å². The van der Waals surface area contributed by atoms with Crippen molar-refractivity contribution in [3.8, 4) is 22.5 Å². The van der Waals surface area contributed by atoms with E-state index in [1.165, 1.54) is 11.6 Å². The van der Waals surface area contributed by atoms with Crippen molar-refractivity contribution in [3.05, 3.63) is 71.6 Å². The molecule has 0 aliphatic heterocycles. The molecule has 1 aromatic carbocycles. The summed E-state index contributed by atoms with van der Waals surface area (Å²) < 4.78 is 0. The second-order valence-corrected chi connectivity index (χ2v) is 7.26. The van der Waals surface area contributed by atoms with Crippen LogP contribution in [0.5, 0.6) is 0 Å². The van der Waals surface area contributed by atoms with Crippen LogP contribution < -0.4 is 5.32 Å². The number of hydrogen-bond acceptors (Lipinski definition) is 3. The molecule has 0 unspecified atom stereocenters. The average molecular weight is 369 g/mol. The number of amides is 1. The minimum Gasteiger partial charge on any atom is -0.358 e. The number of nitrogens with one attached hydrogen (secondary N) is 2. The first-order chi connectivity index (χ1) is 13.6. The van der Waals surface area contributed by atoms with E-state index in [1.54, 1.807) is 0 Å². The summed E-state index contributed by atoms with van der Waals surface area (Å²) in [6.07, 6.45) is 6.37. The monoisotopic (exact) mass is 369 g/mol. The molecule has 0 saturated carbocycles. The first-order valence-electron chi connectivity index (χ1n) is 9.44. The van der Waals surface area contributed by atoms with E-state index in [0.29, 0.717) is 12.1 Å². The molecule has 2 N–H and O–H groups in total. The Balaban J connectivity index is 1.57. The number of carbonyl (C=O) groups is 2. The molecule has 0 fully saturated rings. The lowest BCUT2D eigenvalue weighted by Crippen LogP contribution is -2.08. The third-order valence-corrected chi connectivity index (χ3v) is 5.57. The molecule has 3 aromatic rings. The lowest BCUT2D eigenvalue weighted by molar-refractivity contribution is -0.111. The van der Waals surface area contributed by atoms with Crippen LogP contribution in [0.25, 0.3) is 22.5 Å². The lowest BCUT2D eigenvalue weighted by Gasteiger charge is -2.18. The van der Waals surface area contributed by atoms with Crippen molar-refractivity contribution in [2.24, 2.45) is 0 Å². The summed E-state index contributed by atoms with van der Waals surface area (Å²) in [4.78, 5) is 32.0. The number of H-pyrrole nitrogens is 1. The van der Waals surface area contributed by atoms with E-state index >= 15 is 0 Å². The van der Waals surface area contributed by atoms with Gasteiger partial charge in [0.25, 0.3) is 0 Å². The number of aromatic nitrogens is 2. The van der Waals surface area contributed by atoms with E-state index in [1.807, 2.05) is 30.5 Å². The third-order valence-electron chi connectivity index (χ3n) is 5.57. The van der Waals surface area contributed by atoms with E-state index in [0.717, 1.165) is 58.6 Å². The van der Waals surface area contributed by atoms with Crippen LogP contribution in [0.1, 0.15) is 33.6 Å². The standard InChI is InChI=1S/C23H19N3O2/c1-2-21(28)25-15-5-3-4-13(10-15)19-11-17-14(12-24-19)6-7-16-22-18(26-23(16)17)8-9-20(22)27/h2-5,10-12,26H,1,6-9H2,(H,25,28). The van der Waals surface area contributed by atoms with Gasteiger partial charge in [-0.25, -0.2) is 0 Å². The van der Waals surface area contributed by atoms with Crippen molar-refractivity contribution in [3.63, 3.8) is 0 Å². The zero-order chi connectivity index (χ0) is 19.3. The highest BCUT2D eigenvalue weighted by Crippen LogP contribution is 2.40. The van der Waals surface area contributed by atoms with Gasteiger partial charge < -0.3 is 10.3 Å². The van der Waals surface area contributed by atoms with Gasteiger partial charge in [0.2, 0.25) is 5.91 Å². The van der Waals surface area contributed by atoms with Crippen molar-refractivity contribution < 1.29 is 9.59 Å². The molecule has 5 heteroatoms. The summed E-state index contributed by atoms with van der Waals surface area (Å²) in [5.74, 6) is 0.0154. The number of nitrogens with zero attached hydrogens (tertiary/aromatic N) is 1. The topological polar surface area (TPSA) is 74.8 Å². The molecule has 138 valence electrons. The summed E-state index contributed by atoms with van der Waals surface area (Å²) in [7, 11) is 0. The van der Waals surface area contributed by atoms with E-state index in [9.17, 15) is 9.59 Å². The molecular weight excluding hydrogens is 350 g/mol. The maximum Gasteiger partial charge on any atom is 0.247 e. The Hall–Kier alpha value is -3.47. The summed E-state index contributed by atoms with van der Waals surface area (Å²) >= 11 is 0. The number of ketones is 1. The molecule has 0 radical (unpaired) electrons. The number of pyridine rings is 1. The SMILES string of the molecule is C=CC(=O)Nc1cccc(-c2cc3c(cn2)CCc2c-3[nH]c3c2C(=O)CC3)c1. The zero-order valence-corrected chi connectivity index (χ0v) is 15.3. The normalized spacial score (nSPS) is 14.2. The third kappa shape index (κ3) is 2.59. The number of Topliss-reactive ketones (excluding diaryl/α,β-unsaturated/α-hetero) is 1. The highest BCUT2D eigenvalue weighted by molar-refractivity contribution is 6.03. The second-order valence-electron chi connectivity index (χ2n) is 7.26. The molecule has 1 amide bonds. The van der Waals surface area contributed by atoms with Crippen molar-refractivity contribution in [1.82, 2.24) is 9.97 Å². The highest BCUT2D eigenvalue weighted by atomic mass is 16.1. The van der Waals surface area contributed by atoms with Gasteiger partial charge in [-0.1, -0.05) is 18.7 Å². The van der Waals surface area contributed by atoms with E-state index in [4.69, 9.17) is 0 Å². The van der Waals surface area contributed by atoms with Crippen LogP contribution in [0.2, 0.25) is 0 Å². The number of anilines is 1. The van der Waals surface area contributed by atoms with Crippen molar-refractivity contribution in [1.29, 1.82) is 0 Å². The molecule has 2 aliphatic carbocycles. The highest BCUT2D eigenvalue weighted by Gasteiger charge is 2.31. The molecule has 5 rings (SSSR count). The van der Waals surface area contributed by atoms with Gasteiger partial charge in [0.1, 0.15) is 0 Å². The molecule has 2 aromatic heterocycles. The minimum atomic E-state index is -0.245. The number of benzene rings is 1. The van der Waals surface area contributed by atoms with Gasteiger partial charge in [0, 0.05) is 46.4 Å². The van der Waals surface area contributed by atoms with Crippen LogP contribution in [0.4, 0.5) is 5.69 Å². The number of aromatic amines is 1. The predicted molar refractivity (Wildman–Crippen MR) is 108 cm³/mol. The predicted octanol–water partition coefficient (Wildman–Crippen LogP) is 4.10. The van der Waals surface area contributed by atoms with Gasteiger partial charge in [-0.05, 0) is 54.7 Å². The summed E-state index contributed by atoms with van der Waals surface area (Å²) in [6.45, 7) is 3.48. The van der Waals surface area contributed by atoms with Crippen LogP contribution in [0, 0.1) is 0 Å². The van der Waals surface area contributed by atoms with Gasteiger partial charge in [-0.3, -0.25) is 14.6 Å². The fraction of sp³-hybridized carbons (Fsp3) is 0.174. The summed E-state index contributed by atoms with van der Waals surface area (Å²) in [5.41, 5.74) is 9.01. The number of aryl methyl sites for hydroxylation is 2. The van der Waals surface area contributed by atoms with Crippen LogP contribution >= 0.6 is 0 Å². The fourth-order valence-corrected chi connectivity index (χ4v) is 4.25. The molecule has 0 saturated heterocycles. The number of carbonyl (C=O) groups excluding carboxylic acids is 2. The van der Waals surface area contributed by atoms with Gasteiger partial charge >= 0.3 is 0 Å². The molecule has 0 atom stereocenters. The molecule has 2 heterocycles. The molecule has 2 aliphatic rings. The van der Waals surface area contributed by atoms with E-state index in [-0.39, 0.29) is 11.7 Å². The second kappa shape index (κ2) is 6.30. The first kappa shape index (κ1) is 16.7. The first-order valence-corrected chi connectivity index (χ1v) is 9.44. The minimum absolute atomic E-state index is 0.245. The molecule has 0 bridgehead atoms. The Bertz CT molecular complexity index is 1160. The maximum absolute atomic E-state index is 12.3. The smallest absolute Gasteiger partial charge is 0.247 e. The van der Waals surface area contributed by atoms with Crippen LogP contribution in [0.3, 0.4) is 0 Å². The van der Waals surface area contributed by atoms with Crippen LogP contribution in [-0.2, 0) is 24.1 Å². The fourth-order valence-electron chi connectivity index (χ4n) is 4.25. The molecule has 0 spiro atoms. The van der Waals surface area contributed by atoms with Gasteiger partial charge in [0.05, 0.1) is 5.69 Å². The average Bonchev–Trinajstić information content (AvgIpc) is 3.27. The van der Waals surface area contributed by atoms with Gasteiger partial charge in [-0.15, -0.1) is 0 Å². The lowest BCUT2D eigenvalue weighted by atomic mass is 9.88. The van der Waals surface area contributed by atoms with E-state index in [2.05, 4.69) is 27.9 Å². The largest absolute Gasteiger partial charge is 0.358 e. The molecule has 28 heavy (non-hydrogen) atoms. The quantitative estimate of drug-likeness (QED) is 0.683. The van der Waals surface area contributed by atoms with Crippen LogP contribution in [-0.4, -0.2) is 21.7 Å². The zero-order valence-electron chi connectivity index (χ0n) is 15.3.